The molecule has 0 saturated carbocycles. The Bertz CT molecular complexity index is 1000. The zero-order valence-corrected chi connectivity index (χ0v) is 12.2. The maximum atomic E-state index is 5.21. The molecular weight excluding hydrogens is 284 g/mol. The summed E-state index contributed by atoms with van der Waals surface area (Å²) < 4.78 is 12.1. The first kappa shape index (κ1) is 12.7. The number of nitrogens with zero attached hydrogens (tertiary/aromatic N) is 6. The average Bonchev–Trinajstić information content (AvgIpc) is 3.10. The number of fused-ring (bicyclic) bond motifs is 3. The topological polar surface area (TPSA) is 91.2 Å². The van der Waals surface area contributed by atoms with Gasteiger partial charge in [-0.05, 0) is 19.9 Å². The van der Waals surface area contributed by atoms with Crippen LogP contribution in [0, 0.1) is 13.8 Å². The second-order valence-electron chi connectivity index (χ2n) is 4.89. The molecule has 0 saturated heterocycles. The van der Waals surface area contributed by atoms with Crippen molar-refractivity contribution in [3.63, 3.8) is 0 Å². The molecule has 0 aliphatic heterocycles. The highest BCUT2D eigenvalue weighted by Crippen LogP contribution is 2.27. The highest BCUT2D eigenvalue weighted by Gasteiger charge is 2.19. The van der Waals surface area contributed by atoms with Crippen molar-refractivity contribution in [1.29, 1.82) is 0 Å². The zero-order chi connectivity index (χ0) is 15.3. The van der Waals surface area contributed by atoms with Crippen LogP contribution in [0.1, 0.15) is 11.4 Å². The zero-order valence-electron chi connectivity index (χ0n) is 12.2. The van der Waals surface area contributed by atoms with Crippen molar-refractivity contribution in [2.75, 3.05) is 7.11 Å². The summed E-state index contributed by atoms with van der Waals surface area (Å²) in [5.41, 5.74) is 4.22. The largest absolute Gasteiger partial charge is 0.481 e. The second-order valence-corrected chi connectivity index (χ2v) is 4.89. The fourth-order valence-electron chi connectivity index (χ4n) is 2.41. The Labute approximate surface area is 124 Å². The predicted molar refractivity (Wildman–Crippen MR) is 77.6 cm³/mol. The third-order valence-electron chi connectivity index (χ3n) is 3.51. The fourth-order valence-corrected chi connectivity index (χ4v) is 2.41. The maximum Gasteiger partial charge on any atom is 0.215 e. The van der Waals surface area contributed by atoms with E-state index in [1.54, 1.807) is 19.4 Å². The molecule has 4 aromatic heterocycles. The van der Waals surface area contributed by atoms with E-state index in [0.717, 1.165) is 17.0 Å². The third kappa shape index (κ3) is 1.67. The van der Waals surface area contributed by atoms with Gasteiger partial charge < -0.3 is 9.26 Å². The minimum Gasteiger partial charge on any atom is -0.481 e. The SMILES string of the molecule is COc1ccc2nnc3c(C)nc(-c4conc4C)n3c2n1. The lowest BCUT2D eigenvalue weighted by atomic mass is 10.2. The smallest absolute Gasteiger partial charge is 0.215 e. The van der Waals surface area contributed by atoms with E-state index >= 15 is 0 Å². The first-order chi connectivity index (χ1) is 10.7. The number of pyridine rings is 1. The van der Waals surface area contributed by atoms with Gasteiger partial charge in [-0.2, -0.15) is 4.98 Å². The Hall–Kier alpha value is -3.03. The molecule has 8 nitrogen and oxygen atoms in total. The highest BCUT2D eigenvalue weighted by molar-refractivity contribution is 5.77. The lowest BCUT2D eigenvalue weighted by Crippen LogP contribution is -2.00. The summed E-state index contributed by atoms with van der Waals surface area (Å²) in [6, 6.07) is 3.56. The van der Waals surface area contributed by atoms with Crippen LogP contribution >= 0.6 is 0 Å². The van der Waals surface area contributed by atoms with E-state index in [2.05, 4.69) is 25.3 Å². The number of hydrogen-bond acceptors (Lipinski definition) is 7. The van der Waals surface area contributed by atoms with E-state index in [4.69, 9.17) is 9.26 Å². The van der Waals surface area contributed by atoms with Crippen molar-refractivity contribution >= 4 is 16.8 Å². The van der Waals surface area contributed by atoms with Crippen LogP contribution in [0.15, 0.2) is 22.9 Å². The minimum absolute atomic E-state index is 0.501. The molecule has 8 heteroatoms. The van der Waals surface area contributed by atoms with Crippen LogP contribution < -0.4 is 4.74 Å². The van der Waals surface area contributed by atoms with E-state index < -0.39 is 0 Å². The number of methoxy groups -OCH3 is 1. The quantitative estimate of drug-likeness (QED) is 0.558. The van der Waals surface area contributed by atoms with E-state index in [1.807, 2.05) is 24.3 Å². The predicted octanol–water partition coefficient (Wildman–Crippen LogP) is 1.95. The van der Waals surface area contributed by atoms with Crippen LogP contribution in [0.4, 0.5) is 0 Å². The number of imidazole rings is 1. The Morgan fingerprint density at radius 1 is 1.05 bits per heavy atom. The maximum absolute atomic E-state index is 5.21. The van der Waals surface area contributed by atoms with Crippen LogP contribution in [0.2, 0.25) is 0 Å². The highest BCUT2D eigenvalue weighted by atomic mass is 16.5. The summed E-state index contributed by atoms with van der Waals surface area (Å²) in [6.07, 6.45) is 1.57. The molecule has 0 bridgehead atoms. The molecule has 0 aliphatic carbocycles. The fraction of sp³-hybridized carbons (Fsp3) is 0.214. The van der Waals surface area contributed by atoms with Gasteiger partial charge in [0.25, 0.3) is 0 Å². The van der Waals surface area contributed by atoms with Crippen molar-refractivity contribution < 1.29 is 9.26 Å². The molecule has 22 heavy (non-hydrogen) atoms. The van der Waals surface area contributed by atoms with Crippen molar-refractivity contribution in [2.45, 2.75) is 13.8 Å². The van der Waals surface area contributed by atoms with Gasteiger partial charge in [-0.15, -0.1) is 10.2 Å². The molecule has 0 atom stereocenters. The van der Waals surface area contributed by atoms with Gasteiger partial charge in [0.1, 0.15) is 11.8 Å². The van der Waals surface area contributed by atoms with Crippen LogP contribution in [0.5, 0.6) is 5.88 Å². The van der Waals surface area contributed by atoms with Gasteiger partial charge in [0, 0.05) is 6.07 Å². The van der Waals surface area contributed by atoms with Gasteiger partial charge in [-0.3, -0.25) is 4.40 Å². The average molecular weight is 296 g/mol. The van der Waals surface area contributed by atoms with Gasteiger partial charge in [0.2, 0.25) is 5.88 Å². The molecule has 0 fully saturated rings. The molecule has 0 spiro atoms. The molecule has 4 heterocycles. The lowest BCUT2D eigenvalue weighted by molar-refractivity contribution is 0.399. The van der Waals surface area contributed by atoms with Crippen molar-refractivity contribution in [3.8, 4) is 17.3 Å². The summed E-state index contributed by atoms with van der Waals surface area (Å²) in [6.45, 7) is 3.74. The van der Waals surface area contributed by atoms with Gasteiger partial charge in [-0.25, -0.2) is 4.98 Å². The monoisotopic (exact) mass is 296 g/mol. The molecule has 0 radical (unpaired) electrons. The number of aromatic nitrogens is 6. The van der Waals surface area contributed by atoms with Gasteiger partial charge in [0.05, 0.1) is 24.1 Å². The van der Waals surface area contributed by atoms with Gasteiger partial charge >= 0.3 is 0 Å². The molecule has 0 unspecified atom stereocenters. The molecule has 0 aromatic carbocycles. The van der Waals surface area contributed by atoms with Crippen LogP contribution in [0.25, 0.3) is 28.2 Å². The molecule has 110 valence electrons. The summed E-state index contributed by atoms with van der Waals surface area (Å²) in [4.78, 5) is 9.06. The molecule has 0 amide bonds. The summed E-state index contributed by atoms with van der Waals surface area (Å²) in [5.74, 6) is 1.17. The standard InChI is InChI=1S/C14H12N6O2/c1-7-9(6-22-19-7)13-15-8(2)12-18-17-10-4-5-11(21-3)16-14(10)20(12)13/h4-6H,1-3H3. The first-order valence-electron chi connectivity index (χ1n) is 6.67. The Kier molecular flexibility index (Phi) is 2.59. The number of hydrogen-bond donors (Lipinski definition) is 0. The Balaban J connectivity index is 2.17. The molecule has 0 aliphatic rings. The first-order valence-corrected chi connectivity index (χ1v) is 6.67. The second kappa shape index (κ2) is 4.48. The Morgan fingerprint density at radius 3 is 2.64 bits per heavy atom. The van der Waals surface area contributed by atoms with Crippen molar-refractivity contribution in [1.82, 2.24) is 29.7 Å². The number of ether oxygens (including phenoxy) is 1. The molecule has 4 rings (SSSR count). The normalized spacial score (nSPS) is 11.4. The van der Waals surface area contributed by atoms with E-state index in [1.165, 1.54) is 0 Å². The van der Waals surface area contributed by atoms with Gasteiger partial charge in [-0.1, -0.05) is 5.16 Å². The van der Waals surface area contributed by atoms with Crippen molar-refractivity contribution in [2.24, 2.45) is 0 Å². The number of rotatable bonds is 2. The molecule has 4 aromatic rings. The molecular formula is C14H12N6O2. The summed E-state index contributed by atoms with van der Waals surface area (Å²) in [7, 11) is 1.57. The van der Waals surface area contributed by atoms with E-state index in [-0.39, 0.29) is 0 Å². The summed E-state index contributed by atoms with van der Waals surface area (Å²) >= 11 is 0. The van der Waals surface area contributed by atoms with Crippen molar-refractivity contribution in [3.05, 3.63) is 29.8 Å². The lowest BCUT2D eigenvalue weighted by Gasteiger charge is -2.05. The number of aryl methyl sites for hydroxylation is 2. The third-order valence-corrected chi connectivity index (χ3v) is 3.51. The van der Waals surface area contributed by atoms with Crippen LogP contribution in [-0.4, -0.2) is 36.8 Å². The Morgan fingerprint density at radius 2 is 1.91 bits per heavy atom. The van der Waals surface area contributed by atoms with E-state index in [0.29, 0.717) is 28.5 Å². The van der Waals surface area contributed by atoms with Gasteiger partial charge in [0.15, 0.2) is 17.1 Å². The van der Waals surface area contributed by atoms with E-state index in [9.17, 15) is 0 Å². The van der Waals surface area contributed by atoms with Crippen LogP contribution in [-0.2, 0) is 0 Å². The summed E-state index contributed by atoms with van der Waals surface area (Å²) in [5, 5.41) is 12.4. The molecule has 0 N–H and O–H groups in total. The van der Waals surface area contributed by atoms with Crippen LogP contribution in [0.3, 0.4) is 0 Å². The minimum atomic E-state index is 0.501.